The first-order valence-electron chi connectivity index (χ1n) is 5.88. The molecule has 0 saturated heterocycles. The molecule has 0 aromatic heterocycles. The number of rotatable bonds is 6. The number of nitrogens with one attached hydrogen (secondary N) is 1. The van der Waals surface area contributed by atoms with E-state index >= 15 is 0 Å². The van der Waals surface area contributed by atoms with E-state index in [1.807, 2.05) is 27.0 Å². The molecule has 0 bridgehead atoms. The second kappa shape index (κ2) is 7.09. The minimum atomic E-state index is -0.218. The fraction of sp³-hybridized carbons (Fsp3) is 0.538. The lowest BCUT2D eigenvalue weighted by molar-refractivity contribution is 0.0325. The molecule has 0 amide bonds. The van der Waals surface area contributed by atoms with Crippen molar-refractivity contribution in [2.45, 2.75) is 32.4 Å². The molecule has 2 nitrogen and oxygen atoms in total. The van der Waals surface area contributed by atoms with E-state index in [2.05, 4.69) is 21.2 Å². The first kappa shape index (κ1) is 14.6. The van der Waals surface area contributed by atoms with Gasteiger partial charge in [-0.15, -0.1) is 0 Å². The van der Waals surface area contributed by atoms with Crippen LogP contribution in [0.4, 0.5) is 4.39 Å². The maximum Gasteiger partial charge on any atom is 0.142 e. The van der Waals surface area contributed by atoms with Crippen molar-refractivity contribution in [1.29, 1.82) is 0 Å². The van der Waals surface area contributed by atoms with Crippen molar-refractivity contribution in [1.82, 2.24) is 5.32 Å². The Morgan fingerprint density at radius 1 is 1.41 bits per heavy atom. The summed E-state index contributed by atoms with van der Waals surface area (Å²) in [5.74, 6) is -0.218. The number of hydrogen-bond acceptors (Lipinski definition) is 2. The van der Waals surface area contributed by atoms with Crippen LogP contribution in [0, 0.1) is 5.82 Å². The summed E-state index contributed by atoms with van der Waals surface area (Å²) in [6, 6.07) is 5.21. The summed E-state index contributed by atoms with van der Waals surface area (Å²) >= 11 is 3.21. The molecule has 96 valence electrons. The maximum atomic E-state index is 14.0. The monoisotopic (exact) mass is 303 g/mol. The van der Waals surface area contributed by atoms with Gasteiger partial charge in [0.05, 0.1) is 16.6 Å². The SMILES string of the molecule is CCOC(CC)C(NC)c1cccc(Br)c1F. The van der Waals surface area contributed by atoms with E-state index in [4.69, 9.17) is 4.74 Å². The molecule has 0 aliphatic heterocycles. The zero-order chi connectivity index (χ0) is 12.8. The van der Waals surface area contributed by atoms with Gasteiger partial charge in [-0.1, -0.05) is 19.1 Å². The van der Waals surface area contributed by atoms with E-state index < -0.39 is 0 Å². The number of likely N-dealkylation sites (N-methyl/N-ethyl adjacent to an activating group) is 1. The quantitative estimate of drug-likeness (QED) is 0.866. The van der Waals surface area contributed by atoms with E-state index in [9.17, 15) is 4.39 Å². The summed E-state index contributed by atoms with van der Waals surface area (Å²) in [6.45, 7) is 4.62. The largest absolute Gasteiger partial charge is 0.377 e. The van der Waals surface area contributed by atoms with Gasteiger partial charge in [-0.2, -0.15) is 0 Å². The van der Waals surface area contributed by atoms with E-state index in [1.54, 1.807) is 12.1 Å². The Balaban J connectivity index is 3.03. The summed E-state index contributed by atoms with van der Waals surface area (Å²) in [7, 11) is 1.83. The maximum absolute atomic E-state index is 14.0. The van der Waals surface area contributed by atoms with Crippen LogP contribution in [0.2, 0.25) is 0 Å². The number of ether oxygens (including phenoxy) is 1. The van der Waals surface area contributed by atoms with Crippen LogP contribution in [0.25, 0.3) is 0 Å². The molecule has 1 rings (SSSR count). The lowest BCUT2D eigenvalue weighted by Gasteiger charge is -2.26. The second-order valence-corrected chi connectivity index (χ2v) is 4.67. The van der Waals surface area contributed by atoms with Gasteiger partial charge >= 0.3 is 0 Å². The standard InChI is InChI=1S/C13H19BrFNO/c1-4-11(17-5-2)13(16-3)9-7-6-8-10(14)12(9)15/h6-8,11,13,16H,4-5H2,1-3H3. The van der Waals surface area contributed by atoms with Crippen LogP contribution in [0.3, 0.4) is 0 Å². The highest BCUT2D eigenvalue weighted by Gasteiger charge is 2.24. The fourth-order valence-corrected chi connectivity index (χ4v) is 2.35. The Hall–Kier alpha value is -0.450. The Labute approximate surface area is 111 Å². The second-order valence-electron chi connectivity index (χ2n) is 3.81. The number of hydrogen-bond donors (Lipinski definition) is 1. The molecule has 0 spiro atoms. The van der Waals surface area contributed by atoms with E-state index in [0.717, 1.165) is 6.42 Å². The predicted octanol–water partition coefficient (Wildman–Crippen LogP) is 3.66. The van der Waals surface area contributed by atoms with Crippen molar-refractivity contribution in [3.63, 3.8) is 0 Å². The average molecular weight is 304 g/mol. The molecule has 1 aromatic carbocycles. The minimum absolute atomic E-state index is 0.0196. The Morgan fingerprint density at radius 2 is 2.12 bits per heavy atom. The topological polar surface area (TPSA) is 21.3 Å². The van der Waals surface area contributed by atoms with E-state index in [0.29, 0.717) is 16.6 Å². The zero-order valence-corrected chi connectivity index (χ0v) is 12.1. The summed E-state index contributed by atoms with van der Waals surface area (Å²) < 4.78 is 20.2. The molecule has 1 N–H and O–H groups in total. The van der Waals surface area contributed by atoms with Crippen LogP contribution in [0.15, 0.2) is 22.7 Å². The Bertz CT molecular complexity index is 359. The van der Waals surface area contributed by atoms with Crippen molar-refractivity contribution in [3.8, 4) is 0 Å². The highest BCUT2D eigenvalue weighted by Crippen LogP contribution is 2.27. The third-order valence-corrected chi connectivity index (χ3v) is 3.39. The smallest absolute Gasteiger partial charge is 0.142 e. The van der Waals surface area contributed by atoms with Gasteiger partial charge in [0.1, 0.15) is 5.82 Å². The predicted molar refractivity (Wildman–Crippen MR) is 71.6 cm³/mol. The molecule has 4 heteroatoms. The molecule has 0 aliphatic carbocycles. The van der Waals surface area contributed by atoms with Gasteiger partial charge in [0, 0.05) is 12.2 Å². The van der Waals surface area contributed by atoms with Crippen molar-refractivity contribution in [2.24, 2.45) is 0 Å². The van der Waals surface area contributed by atoms with Gasteiger partial charge in [-0.25, -0.2) is 4.39 Å². The Kier molecular flexibility index (Phi) is 6.09. The molecule has 2 unspecified atom stereocenters. The third-order valence-electron chi connectivity index (χ3n) is 2.78. The molecule has 0 fully saturated rings. The molecule has 0 radical (unpaired) electrons. The van der Waals surface area contributed by atoms with Gasteiger partial charge in [0.2, 0.25) is 0 Å². The molecule has 0 aliphatic rings. The van der Waals surface area contributed by atoms with Crippen LogP contribution in [-0.4, -0.2) is 19.8 Å². The summed E-state index contributed by atoms with van der Waals surface area (Å²) in [6.07, 6.45) is 0.819. The molecule has 2 atom stereocenters. The van der Waals surface area contributed by atoms with Crippen LogP contribution >= 0.6 is 15.9 Å². The molecular formula is C13H19BrFNO. The van der Waals surface area contributed by atoms with Crippen molar-refractivity contribution < 1.29 is 9.13 Å². The van der Waals surface area contributed by atoms with Crippen molar-refractivity contribution in [3.05, 3.63) is 34.1 Å². The molecule has 0 saturated carbocycles. The summed E-state index contributed by atoms with van der Waals surface area (Å²) in [4.78, 5) is 0. The normalized spacial score (nSPS) is 14.6. The van der Waals surface area contributed by atoms with Gasteiger partial charge in [0.25, 0.3) is 0 Å². The lowest BCUT2D eigenvalue weighted by atomic mass is 9.99. The lowest BCUT2D eigenvalue weighted by Crippen LogP contribution is -2.32. The van der Waals surface area contributed by atoms with Gasteiger partial charge < -0.3 is 10.1 Å². The fourth-order valence-electron chi connectivity index (χ4n) is 1.97. The van der Waals surface area contributed by atoms with Crippen LogP contribution in [0.1, 0.15) is 31.9 Å². The van der Waals surface area contributed by atoms with Crippen LogP contribution in [-0.2, 0) is 4.74 Å². The highest BCUT2D eigenvalue weighted by atomic mass is 79.9. The number of halogens is 2. The zero-order valence-electron chi connectivity index (χ0n) is 10.5. The van der Waals surface area contributed by atoms with Gasteiger partial charge in [0.15, 0.2) is 0 Å². The van der Waals surface area contributed by atoms with Crippen molar-refractivity contribution in [2.75, 3.05) is 13.7 Å². The van der Waals surface area contributed by atoms with Crippen LogP contribution in [0.5, 0.6) is 0 Å². The Morgan fingerprint density at radius 3 is 2.65 bits per heavy atom. The first-order chi connectivity index (χ1) is 8.15. The van der Waals surface area contributed by atoms with Gasteiger partial charge in [-0.3, -0.25) is 0 Å². The first-order valence-corrected chi connectivity index (χ1v) is 6.67. The van der Waals surface area contributed by atoms with E-state index in [1.165, 1.54) is 0 Å². The van der Waals surface area contributed by atoms with Crippen LogP contribution < -0.4 is 5.32 Å². The highest BCUT2D eigenvalue weighted by molar-refractivity contribution is 9.10. The van der Waals surface area contributed by atoms with E-state index in [-0.39, 0.29) is 18.0 Å². The average Bonchev–Trinajstić information content (AvgIpc) is 2.34. The summed E-state index contributed by atoms with van der Waals surface area (Å²) in [5.41, 5.74) is 0.641. The van der Waals surface area contributed by atoms with Gasteiger partial charge in [-0.05, 0) is 42.4 Å². The van der Waals surface area contributed by atoms with Crippen molar-refractivity contribution >= 4 is 15.9 Å². The minimum Gasteiger partial charge on any atom is -0.377 e. The number of benzene rings is 1. The molecule has 1 aromatic rings. The molecular weight excluding hydrogens is 285 g/mol. The summed E-state index contributed by atoms with van der Waals surface area (Å²) in [5, 5.41) is 3.14. The molecule has 17 heavy (non-hydrogen) atoms. The molecule has 0 heterocycles. The third kappa shape index (κ3) is 3.50.